The summed E-state index contributed by atoms with van der Waals surface area (Å²) in [7, 11) is -3.25. The van der Waals surface area contributed by atoms with E-state index in [0.29, 0.717) is 11.4 Å². The standard InChI is InChI=1S/C10H12BrNO2S/c1-7(2)12-6-8-5-9(11)3-4-10(8)15(12,13)14/h3-5,7H,6H2,1-2H3. The van der Waals surface area contributed by atoms with Crippen LogP contribution in [0.15, 0.2) is 27.6 Å². The molecule has 0 spiro atoms. The Bertz CT molecular complexity index is 496. The normalized spacial score (nSPS) is 19.5. The zero-order chi connectivity index (χ0) is 11.2. The monoisotopic (exact) mass is 289 g/mol. The van der Waals surface area contributed by atoms with Gasteiger partial charge in [0, 0.05) is 17.1 Å². The van der Waals surface area contributed by atoms with Gasteiger partial charge in [0.05, 0.1) is 4.90 Å². The zero-order valence-electron chi connectivity index (χ0n) is 8.57. The first-order valence-corrected chi connectivity index (χ1v) is 6.96. The molecule has 0 unspecified atom stereocenters. The molecule has 1 heterocycles. The molecule has 0 aromatic heterocycles. The first-order valence-electron chi connectivity index (χ1n) is 4.73. The first kappa shape index (κ1) is 11.1. The molecule has 15 heavy (non-hydrogen) atoms. The van der Waals surface area contributed by atoms with Crippen LogP contribution in [0, 0.1) is 0 Å². The lowest BCUT2D eigenvalue weighted by atomic mass is 10.2. The molecule has 1 aliphatic heterocycles. The minimum atomic E-state index is -3.25. The molecule has 0 amide bonds. The third-order valence-electron chi connectivity index (χ3n) is 2.51. The molecule has 82 valence electrons. The molecular weight excluding hydrogens is 278 g/mol. The Morgan fingerprint density at radius 3 is 2.67 bits per heavy atom. The van der Waals surface area contributed by atoms with Gasteiger partial charge in [-0.1, -0.05) is 15.9 Å². The summed E-state index contributed by atoms with van der Waals surface area (Å²) >= 11 is 3.35. The molecule has 1 aromatic rings. The lowest BCUT2D eigenvalue weighted by molar-refractivity contribution is 0.363. The van der Waals surface area contributed by atoms with Crippen molar-refractivity contribution in [3.63, 3.8) is 0 Å². The van der Waals surface area contributed by atoms with Crippen molar-refractivity contribution >= 4 is 26.0 Å². The fourth-order valence-electron chi connectivity index (χ4n) is 1.76. The van der Waals surface area contributed by atoms with E-state index in [1.807, 2.05) is 19.9 Å². The van der Waals surface area contributed by atoms with Gasteiger partial charge >= 0.3 is 0 Å². The van der Waals surface area contributed by atoms with Crippen molar-refractivity contribution < 1.29 is 8.42 Å². The molecule has 0 saturated heterocycles. The number of sulfonamides is 1. The van der Waals surface area contributed by atoms with Crippen molar-refractivity contribution in [2.24, 2.45) is 0 Å². The van der Waals surface area contributed by atoms with E-state index in [1.165, 1.54) is 4.31 Å². The summed E-state index contributed by atoms with van der Waals surface area (Å²) < 4.78 is 26.5. The molecule has 0 aliphatic carbocycles. The fourth-order valence-corrected chi connectivity index (χ4v) is 3.98. The van der Waals surface area contributed by atoms with Crippen molar-refractivity contribution in [1.82, 2.24) is 4.31 Å². The summed E-state index contributed by atoms with van der Waals surface area (Å²) in [5, 5.41) is 0. The summed E-state index contributed by atoms with van der Waals surface area (Å²) in [6.45, 7) is 4.26. The van der Waals surface area contributed by atoms with Crippen LogP contribution in [0.1, 0.15) is 19.4 Å². The van der Waals surface area contributed by atoms with Gasteiger partial charge in [0.1, 0.15) is 0 Å². The summed E-state index contributed by atoms with van der Waals surface area (Å²) in [5.74, 6) is 0. The van der Waals surface area contributed by atoms with Gasteiger partial charge in [-0.3, -0.25) is 0 Å². The van der Waals surface area contributed by atoms with E-state index in [4.69, 9.17) is 0 Å². The van der Waals surface area contributed by atoms with E-state index in [2.05, 4.69) is 15.9 Å². The first-order chi connectivity index (χ1) is 6.93. The predicted octanol–water partition coefficient (Wildman–Crippen LogP) is 2.36. The maximum absolute atomic E-state index is 12.0. The van der Waals surface area contributed by atoms with E-state index >= 15 is 0 Å². The second kappa shape index (κ2) is 3.57. The second-order valence-electron chi connectivity index (χ2n) is 3.90. The zero-order valence-corrected chi connectivity index (χ0v) is 11.0. The van der Waals surface area contributed by atoms with Crippen LogP contribution >= 0.6 is 15.9 Å². The van der Waals surface area contributed by atoms with E-state index < -0.39 is 10.0 Å². The van der Waals surface area contributed by atoms with Gasteiger partial charge in [0.2, 0.25) is 10.0 Å². The number of rotatable bonds is 1. The number of hydrogen-bond acceptors (Lipinski definition) is 2. The van der Waals surface area contributed by atoms with Crippen molar-refractivity contribution in [2.45, 2.75) is 31.3 Å². The molecule has 5 heteroatoms. The van der Waals surface area contributed by atoms with Crippen molar-refractivity contribution in [2.75, 3.05) is 0 Å². The molecule has 0 radical (unpaired) electrons. The minimum absolute atomic E-state index is 0.00109. The molecule has 1 aliphatic rings. The number of halogens is 1. The van der Waals surface area contributed by atoms with E-state index in [9.17, 15) is 8.42 Å². The Balaban J connectivity index is 2.57. The Kier molecular flexibility index (Phi) is 2.65. The smallest absolute Gasteiger partial charge is 0.207 e. The average Bonchev–Trinajstić information content (AvgIpc) is 2.37. The summed E-state index contributed by atoms with van der Waals surface area (Å²) in [6, 6.07) is 5.30. The highest BCUT2D eigenvalue weighted by Gasteiger charge is 2.35. The lowest BCUT2D eigenvalue weighted by Crippen LogP contribution is -2.31. The fraction of sp³-hybridized carbons (Fsp3) is 0.400. The second-order valence-corrected chi connectivity index (χ2v) is 6.67. The maximum atomic E-state index is 12.0. The molecule has 2 rings (SSSR count). The highest BCUT2D eigenvalue weighted by Crippen LogP contribution is 2.33. The Morgan fingerprint density at radius 1 is 1.40 bits per heavy atom. The van der Waals surface area contributed by atoms with Crippen LogP contribution in [0.4, 0.5) is 0 Å². The highest BCUT2D eigenvalue weighted by atomic mass is 79.9. The minimum Gasteiger partial charge on any atom is -0.207 e. The SMILES string of the molecule is CC(C)N1Cc2cc(Br)ccc2S1(=O)=O. The largest absolute Gasteiger partial charge is 0.243 e. The van der Waals surface area contributed by atoms with Gasteiger partial charge in [0.15, 0.2) is 0 Å². The Hall–Kier alpha value is -0.390. The van der Waals surface area contributed by atoms with Crippen LogP contribution in [-0.2, 0) is 16.6 Å². The third kappa shape index (κ3) is 1.73. The van der Waals surface area contributed by atoms with Gasteiger partial charge in [-0.15, -0.1) is 0 Å². The number of hydrogen-bond donors (Lipinski definition) is 0. The molecule has 0 saturated carbocycles. The van der Waals surface area contributed by atoms with Crippen molar-refractivity contribution in [3.8, 4) is 0 Å². The summed E-state index contributed by atoms with van der Waals surface area (Å²) in [5.41, 5.74) is 0.873. The van der Waals surface area contributed by atoms with Crippen LogP contribution < -0.4 is 0 Å². The summed E-state index contributed by atoms with van der Waals surface area (Å²) in [6.07, 6.45) is 0. The van der Waals surface area contributed by atoms with E-state index in [1.54, 1.807) is 12.1 Å². The Labute approximate surface area is 98.3 Å². The van der Waals surface area contributed by atoms with Gasteiger partial charge in [-0.2, -0.15) is 4.31 Å². The topological polar surface area (TPSA) is 37.4 Å². The van der Waals surface area contributed by atoms with E-state index in [0.717, 1.165) is 10.0 Å². The molecule has 0 bridgehead atoms. The van der Waals surface area contributed by atoms with Gasteiger partial charge < -0.3 is 0 Å². The van der Waals surface area contributed by atoms with Crippen LogP contribution in [0.3, 0.4) is 0 Å². The summed E-state index contributed by atoms with van der Waals surface area (Å²) in [4.78, 5) is 0.444. The molecule has 3 nitrogen and oxygen atoms in total. The molecule has 1 aromatic carbocycles. The van der Waals surface area contributed by atoms with Crippen LogP contribution in [-0.4, -0.2) is 18.8 Å². The van der Waals surface area contributed by atoms with Crippen LogP contribution in [0.5, 0.6) is 0 Å². The Morgan fingerprint density at radius 2 is 2.07 bits per heavy atom. The molecule has 0 atom stereocenters. The quantitative estimate of drug-likeness (QED) is 0.796. The number of fused-ring (bicyclic) bond motifs is 1. The van der Waals surface area contributed by atoms with Gasteiger partial charge in [-0.25, -0.2) is 8.42 Å². The molecular formula is C10H12BrNO2S. The van der Waals surface area contributed by atoms with E-state index in [-0.39, 0.29) is 6.04 Å². The predicted molar refractivity (Wildman–Crippen MR) is 62.0 cm³/mol. The lowest BCUT2D eigenvalue weighted by Gasteiger charge is -2.18. The molecule has 0 N–H and O–H groups in total. The van der Waals surface area contributed by atoms with Gasteiger partial charge in [-0.05, 0) is 37.6 Å². The number of benzene rings is 1. The van der Waals surface area contributed by atoms with Crippen molar-refractivity contribution in [1.29, 1.82) is 0 Å². The molecule has 0 fully saturated rings. The highest BCUT2D eigenvalue weighted by molar-refractivity contribution is 9.10. The van der Waals surface area contributed by atoms with Crippen LogP contribution in [0.2, 0.25) is 0 Å². The van der Waals surface area contributed by atoms with Crippen molar-refractivity contribution in [3.05, 3.63) is 28.2 Å². The number of nitrogens with zero attached hydrogens (tertiary/aromatic N) is 1. The van der Waals surface area contributed by atoms with Crippen LogP contribution in [0.25, 0.3) is 0 Å². The third-order valence-corrected chi connectivity index (χ3v) is 5.13. The maximum Gasteiger partial charge on any atom is 0.243 e. The van der Waals surface area contributed by atoms with Gasteiger partial charge in [0.25, 0.3) is 0 Å². The average molecular weight is 290 g/mol.